The lowest BCUT2D eigenvalue weighted by Gasteiger charge is -2.24. The summed E-state index contributed by atoms with van der Waals surface area (Å²) in [6.45, 7) is 0.636. The summed E-state index contributed by atoms with van der Waals surface area (Å²) < 4.78 is 13.8. The Bertz CT molecular complexity index is 624. The number of nitrogens with two attached hydrogens (primary N) is 1. The minimum Gasteiger partial charge on any atom is -0.399 e. The molecule has 1 aliphatic heterocycles. The number of benzene rings is 1. The highest BCUT2D eigenvalue weighted by Crippen LogP contribution is 2.32. The van der Waals surface area contributed by atoms with E-state index in [1.165, 1.54) is 18.2 Å². The quantitative estimate of drug-likeness (QED) is 0.826. The van der Waals surface area contributed by atoms with Crippen LogP contribution in [0.25, 0.3) is 0 Å². The zero-order valence-electron chi connectivity index (χ0n) is 11.0. The maximum absolute atomic E-state index is 13.8. The van der Waals surface area contributed by atoms with Crippen LogP contribution >= 0.6 is 0 Å². The van der Waals surface area contributed by atoms with Gasteiger partial charge in [-0.05, 0) is 43.2 Å². The summed E-state index contributed by atoms with van der Waals surface area (Å²) >= 11 is 0. The lowest BCUT2D eigenvalue weighted by Crippen LogP contribution is -2.31. The number of H-pyrrole nitrogens is 1. The number of hydrogen-bond acceptors (Lipinski definition) is 2. The Balaban J connectivity index is 1.91. The second-order valence-electron chi connectivity index (χ2n) is 5.02. The van der Waals surface area contributed by atoms with Crippen LogP contribution in [-0.2, 0) is 0 Å². The molecule has 1 fully saturated rings. The molecule has 4 nitrogen and oxygen atoms in total. The van der Waals surface area contributed by atoms with E-state index in [0.717, 1.165) is 18.5 Å². The van der Waals surface area contributed by atoms with Gasteiger partial charge in [0, 0.05) is 24.1 Å². The van der Waals surface area contributed by atoms with E-state index in [1.807, 2.05) is 18.3 Å². The van der Waals surface area contributed by atoms with Gasteiger partial charge in [0.15, 0.2) is 0 Å². The highest BCUT2D eigenvalue weighted by Gasteiger charge is 2.32. The first-order chi connectivity index (χ1) is 9.66. The largest absolute Gasteiger partial charge is 0.399 e. The van der Waals surface area contributed by atoms with Crippen LogP contribution in [0.2, 0.25) is 0 Å². The number of carbonyl (C=O) groups is 1. The van der Waals surface area contributed by atoms with E-state index >= 15 is 0 Å². The van der Waals surface area contributed by atoms with Gasteiger partial charge in [-0.15, -0.1) is 0 Å². The fourth-order valence-electron chi connectivity index (χ4n) is 2.75. The average molecular weight is 273 g/mol. The molecule has 0 aliphatic carbocycles. The molecule has 1 aromatic heterocycles. The van der Waals surface area contributed by atoms with Gasteiger partial charge in [0.25, 0.3) is 5.91 Å². The van der Waals surface area contributed by atoms with Gasteiger partial charge in [0.2, 0.25) is 0 Å². The number of amides is 1. The molecule has 0 bridgehead atoms. The number of anilines is 1. The molecular weight excluding hydrogens is 257 g/mol. The van der Waals surface area contributed by atoms with Crippen molar-refractivity contribution in [1.82, 2.24) is 9.88 Å². The Morgan fingerprint density at radius 3 is 3.00 bits per heavy atom. The number of halogens is 1. The molecule has 1 aromatic carbocycles. The minimum atomic E-state index is -0.527. The summed E-state index contributed by atoms with van der Waals surface area (Å²) in [5.74, 6) is -0.826. The van der Waals surface area contributed by atoms with Crippen molar-refractivity contribution in [1.29, 1.82) is 0 Å². The van der Waals surface area contributed by atoms with E-state index in [2.05, 4.69) is 4.98 Å². The molecule has 0 radical (unpaired) electrons. The van der Waals surface area contributed by atoms with Crippen molar-refractivity contribution in [2.75, 3.05) is 12.3 Å². The van der Waals surface area contributed by atoms with Crippen LogP contribution in [0, 0.1) is 5.82 Å². The van der Waals surface area contributed by atoms with Crippen LogP contribution in [0.4, 0.5) is 10.1 Å². The molecule has 2 aromatic rings. The molecule has 2 heterocycles. The van der Waals surface area contributed by atoms with Crippen molar-refractivity contribution in [3.8, 4) is 0 Å². The topological polar surface area (TPSA) is 62.1 Å². The number of aromatic amines is 1. The zero-order chi connectivity index (χ0) is 14.1. The second kappa shape index (κ2) is 5.00. The van der Waals surface area contributed by atoms with Crippen molar-refractivity contribution in [2.45, 2.75) is 18.9 Å². The lowest BCUT2D eigenvalue weighted by molar-refractivity contribution is 0.0728. The van der Waals surface area contributed by atoms with Gasteiger partial charge in [0.05, 0.1) is 11.6 Å². The number of nitrogens with one attached hydrogen (secondary N) is 1. The van der Waals surface area contributed by atoms with Crippen molar-refractivity contribution in [3.05, 3.63) is 53.6 Å². The third-order valence-corrected chi connectivity index (χ3v) is 3.72. The molecule has 1 amide bonds. The normalized spacial score (nSPS) is 18.4. The van der Waals surface area contributed by atoms with Crippen LogP contribution < -0.4 is 5.73 Å². The summed E-state index contributed by atoms with van der Waals surface area (Å²) in [5.41, 5.74) is 7.07. The van der Waals surface area contributed by atoms with Crippen LogP contribution in [-0.4, -0.2) is 22.3 Å². The highest BCUT2D eigenvalue weighted by molar-refractivity contribution is 5.95. The third kappa shape index (κ3) is 2.15. The van der Waals surface area contributed by atoms with Crippen LogP contribution in [0.3, 0.4) is 0 Å². The highest BCUT2D eigenvalue weighted by atomic mass is 19.1. The Morgan fingerprint density at radius 1 is 1.40 bits per heavy atom. The van der Waals surface area contributed by atoms with E-state index in [0.29, 0.717) is 12.2 Å². The fraction of sp³-hybridized carbons (Fsp3) is 0.267. The second-order valence-corrected chi connectivity index (χ2v) is 5.02. The van der Waals surface area contributed by atoms with E-state index < -0.39 is 5.82 Å². The first-order valence-electron chi connectivity index (χ1n) is 6.66. The van der Waals surface area contributed by atoms with Crippen LogP contribution in [0.5, 0.6) is 0 Å². The van der Waals surface area contributed by atoms with Gasteiger partial charge < -0.3 is 15.6 Å². The van der Waals surface area contributed by atoms with E-state index in [1.54, 1.807) is 4.90 Å². The monoisotopic (exact) mass is 273 g/mol. The summed E-state index contributed by atoms with van der Waals surface area (Å²) in [6, 6.07) is 7.93. The van der Waals surface area contributed by atoms with E-state index in [4.69, 9.17) is 5.73 Å². The Labute approximate surface area is 116 Å². The molecule has 104 valence electrons. The Hall–Kier alpha value is -2.30. The summed E-state index contributed by atoms with van der Waals surface area (Å²) in [5, 5.41) is 0. The number of nitrogens with zero attached hydrogens (tertiary/aromatic N) is 1. The first-order valence-corrected chi connectivity index (χ1v) is 6.66. The lowest BCUT2D eigenvalue weighted by atomic mass is 10.1. The standard InChI is InChI=1S/C15H16FN3O/c16-12-6-5-10(17)9-11(12)15(20)19-8-2-4-14(19)13-3-1-7-18-13/h1,3,5-7,9,14,18H,2,4,8,17H2. The van der Waals surface area contributed by atoms with Crippen molar-refractivity contribution in [2.24, 2.45) is 0 Å². The molecule has 0 spiro atoms. The zero-order valence-corrected chi connectivity index (χ0v) is 11.0. The minimum absolute atomic E-state index is 0.0154. The van der Waals surface area contributed by atoms with E-state index in [9.17, 15) is 9.18 Å². The number of likely N-dealkylation sites (tertiary alicyclic amines) is 1. The predicted octanol–water partition coefficient (Wildman–Crippen LogP) is 2.71. The van der Waals surface area contributed by atoms with Gasteiger partial charge in [-0.3, -0.25) is 4.79 Å². The van der Waals surface area contributed by atoms with Crippen LogP contribution in [0.1, 0.15) is 34.9 Å². The summed E-state index contributed by atoms with van der Waals surface area (Å²) in [6.07, 6.45) is 3.63. The van der Waals surface area contributed by atoms with Crippen LogP contribution in [0.15, 0.2) is 36.5 Å². The molecule has 1 unspecified atom stereocenters. The van der Waals surface area contributed by atoms with Gasteiger partial charge in [0.1, 0.15) is 5.82 Å². The average Bonchev–Trinajstić information content (AvgIpc) is 3.10. The third-order valence-electron chi connectivity index (χ3n) is 3.72. The Morgan fingerprint density at radius 2 is 2.25 bits per heavy atom. The Kier molecular flexibility index (Phi) is 3.18. The maximum Gasteiger partial charge on any atom is 0.257 e. The number of rotatable bonds is 2. The predicted molar refractivity (Wildman–Crippen MR) is 74.6 cm³/mol. The summed E-state index contributed by atoms with van der Waals surface area (Å²) in [4.78, 5) is 17.4. The van der Waals surface area contributed by atoms with Gasteiger partial charge in [-0.1, -0.05) is 0 Å². The van der Waals surface area contributed by atoms with E-state index in [-0.39, 0.29) is 17.5 Å². The van der Waals surface area contributed by atoms with Gasteiger partial charge in [-0.2, -0.15) is 0 Å². The molecule has 3 N–H and O–H groups in total. The molecule has 1 saturated heterocycles. The maximum atomic E-state index is 13.8. The molecule has 1 aliphatic rings. The van der Waals surface area contributed by atoms with Gasteiger partial charge >= 0.3 is 0 Å². The molecular formula is C15H16FN3O. The van der Waals surface area contributed by atoms with Crippen molar-refractivity contribution < 1.29 is 9.18 Å². The van der Waals surface area contributed by atoms with Gasteiger partial charge in [-0.25, -0.2) is 4.39 Å². The van der Waals surface area contributed by atoms with Crippen molar-refractivity contribution >= 4 is 11.6 Å². The summed E-state index contributed by atoms with van der Waals surface area (Å²) in [7, 11) is 0. The first kappa shape index (κ1) is 12.7. The number of nitrogen functional groups attached to an aromatic ring is 1. The molecule has 5 heteroatoms. The molecule has 3 rings (SSSR count). The molecule has 20 heavy (non-hydrogen) atoms. The SMILES string of the molecule is Nc1ccc(F)c(C(=O)N2CCCC2c2ccc[nH]2)c1. The number of hydrogen-bond donors (Lipinski definition) is 2. The smallest absolute Gasteiger partial charge is 0.257 e. The number of aromatic nitrogens is 1. The fourth-order valence-corrected chi connectivity index (χ4v) is 2.75. The number of carbonyl (C=O) groups excluding carboxylic acids is 1. The van der Waals surface area contributed by atoms with Crippen molar-refractivity contribution in [3.63, 3.8) is 0 Å². The molecule has 0 saturated carbocycles. The molecule has 1 atom stereocenters.